The number of benzene rings is 7. The van der Waals surface area contributed by atoms with E-state index in [0.717, 1.165) is 16.7 Å². The Morgan fingerprint density at radius 2 is 0.625 bits per heavy atom. The van der Waals surface area contributed by atoms with Gasteiger partial charge in [-0.1, -0.05) is 184 Å². The van der Waals surface area contributed by atoms with Gasteiger partial charge in [0.15, 0.2) is 0 Å². The Kier molecular flexibility index (Phi) is 46.8. The number of rotatable bonds is 26. The first-order valence-corrected chi connectivity index (χ1v) is 33.3. The molecule has 3 amide bonds. The first-order valence-electron chi connectivity index (χ1n) is 30.3. The summed E-state index contributed by atoms with van der Waals surface area (Å²) < 4.78 is 35.1. The van der Waals surface area contributed by atoms with Gasteiger partial charge in [0.05, 0.1) is 90.3 Å². The monoisotopic (exact) mass is 1630 g/mol. The zero-order chi connectivity index (χ0) is 75.8. The van der Waals surface area contributed by atoms with Gasteiger partial charge in [0, 0.05) is 48.4 Å². The fraction of sp³-hybridized carbons (Fsp3) is 0.275. The van der Waals surface area contributed by atoms with Crippen molar-refractivity contribution >= 4 is 154 Å². The van der Waals surface area contributed by atoms with Crippen molar-refractivity contribution in [2.45, 2.75) is 97.4 Å². The van der Waals surface area contributed by atoms with Crippen molar-refractivity contribution in [3.05, 3.63) is 219 Å². The van der Waals surface area contributed by atoms with Crippen molar-refractivity contribution in [3.63, 3.8) is 0 Å². The molecule has 0 aliphatic heterocycles. The maximum atomic E-state index is 12.2. The third-order valence-corrected chi connectivity index (χ3v) is 15.1. The van der Waals surface area contributed by atoms with Crippen molar-refractivity contribution in [2.75, 3.05) is 26.4 Å². The van der Waals surface area contributed by atoms with E-state index in [2.05, 4.69) is 20.8 Å². The number of phenols is 4. The van der Waals surface area contributed by atoms with E-state index in [9.17, 15) is 54.0 Å². The Morgan fingerprint density at radius 1 is 0.404 bits per heavy atom. The summed E-state index contributed by atoms with van der Waals surface area (Å²) in [7, 11) is 0. The van der Waals surface area contributed by atoms with Gasteiger partial charge < -0.3 is 85.4 Å². The average Bonchev–Trinajstić information content (AvgIpc) is 0.819. The van der Waals surface area contributed by atoms with Gasteiger partial charge in [0.2, 0.25) is 0 Å². The summed E-state index contributed by atoms with van der Waals surface area (Å²) in [5, 5.41) is 57.7. The fourth-order valence-corrected chi connectivity index (χ4v) is 10.6. The van der Waals surface area contributed by atoms with Crippen molar-refractivity contribution < 1.29 is 132 Å². The van der Waals surface area contributed by atoms with Crippen LogP contribution in [0.3, 0.4) is 0 Å². The molecule has 0 heterocycles. The Morgan fingerprint density at radius 3 is 0.856 bits per heavy atom. The van der Waals surface area contributed by atoms with Crippen LogP contribution >= 0.6 is 105 Å². The number of carbonyl (C=O) groups is 8. The molecule has 0 aliphatic rings. The number of esters is 4. The summed E-state index contributed by atoms with van der Waals surface area (Å²) in [6, 6.07) is 35.1. The van der Waals surface area contributed by atoms with Crippen LogP contribution in [0.5, 0.6) is 23.0 Å². The summed E-state index contributed by atoms with van der Waals surface area (Å²) in [4.78, 5) is 94.8. The number of alkyl carbamates (subject to hydrolysis) is 3. The fourth-order valence-electron chi connectivity index (χ4n) is 8.53. The molecule has 0 aromatic heterocycles. The largest absolute Gasteiger partial charge is 1.00 e. The number of halogens is 9. The second-order valence-electron chi connectivity index (χ2n) is 20.4. The molecule has 35 heteroatoms. The summed E-state index contributed by atoms with van der Waals surface area (Å²) in [6.07, 6.45) is -3.00. The van der Waals surface area contributed by atoms with Gasteiger partial charge in [0.1, 0.15) is 42.8 Å². The Hall–Kier alpha value is -7.57. The molecule has 0 saturated carbocycles. The third kappa shape index (κ3) is 35.5. The molecule has 9 N–H and O–H groups in total. The molecule has 7 aromatic carbocycles. The number of aromatic hydroxyl groups is 4. The van der Waals surface area contributed by atoms with Crippen LogP contribution in [0, 0.1) is 0 Å². The van der Waals surface area contributed by atoms with Crippen molar-refractivity contribution in [1.82, 2.24) is 16.0 Å². The van der Waals surface area contributed by atoms with Gasteiger partial charge >= 0.3 is 71.7 Å². The number of ether oxygens (including phenoxy) is 7. The summed E-state index contributed by atoms with van der Waals surface area (Å²) in [5.74, 6) is -3.09. The topological polar surface area (TPSA) is 376 Å². The third-order valence-electron chi connectivity index (χ3n) is 13.0. The second kappa shape index (κ2) is 51.6. The van der Waals surface area contributed by atoms with Gasteiger partial charge in [-0.3, -0.25) is 24.0 Å². The number of hydrogen-bond acceptors (Lipinski definition) is 22. The van der Waals surface area contributed by atoms with Gasteiger partial charge in [0.25, 0.3) is 6.47 Å². The molecule has 4 atom stereocenters. The van der Waals surface area contributed by atoms with Crippen LogP contribution in [0.25, 0.3) is 0 Å². The van der Waals surface area contributed by atoms with E-state index >= 15 is 0 Å². The van der Waals surface area contributed by atoms with E-state index in [1.54, 1.807) is 27.7 Å². The predicted molar refractivity (Wildman–Crippen MR) is 386 cm³/mol. The molecule has 0 aliphatic carbocycles. The van der Waals surface area contributed by atoms with Gasteiger partial charge in [-0.15, -0.1) is 12.4 Å². The number of nitrogens with one attached hydrogen (secondary N) is 3. The molecule has 0 radical (unpaired) electrons. The number of phenolic OH excluding ortho intramolecular Hbond substituents is 4. The Labute approximate surface area is 667 Å². The molecule has 0 saturated heterocycles. The smallest absolute Gasteiger partial charge is 0.662 e. The molecular formula is C69H72Cl9N4NaO21. The van der Waals surface area contributed by atoms with Crippen LogP contribution in [0.4, 0.5) is 14.4 Å². The minimum Gasteiger partial charge on any atom is -0.662 e. The first kappa shape index (κ1) is 94.4. The van der Waals surface area contributed by atoms with Crippen LogP contribution < -0.4 is 56.5 Å². The van der Waals surface area contributed by atoms with E-state index in [0.29, 0.717) is 10.6 Å². The standard InChI is InChI=1S/3C19H19Cl2NO5.C11H13Cl2NO3.CH2O3.ClH.Na/c3*1-2-26-17(23)10-16(14-8-13(20)9-15(21)18(14)24)22-19(25)27-11-12-6-4-3-5-7-12;1-2-17-10(15)5-9(14)7-3-6(12)4-8(13)11(7)16;2-1-4-3;;/h3*3-9,16,24H,2,10-11H2,1H3,(H,22,25);3-4,9,16H,2,5,14H2,1H3;1,3H;1H;/q;;;;;;+1/p-1/t2*16-;;;;;/m10...../s1. The molecule has 25 nitrogen and oxygen atoms in total. The summed E-state index contributed by atoms with van der Waals surface area (Å²) in [5.41, 5.74) is 9.12. The quantitative estimate of drug-likeness (QED) is 0.00623. The molecule has 2 unspecified atom stereocenters. The van der Waals surface area contributed by atoms with Crippen LogP contribution in [-0.4, -0.2) is 95.5 Å². The average molecular weight is 1640 g/mol. The zero-order valence-electron chi connectivity index (χ0n) is 56.2. The molecule has 0 bridgehead atoms. The minimum absolute atomic E-state index is 0. The number of hydrogen-bond donors (Lipinski definition) is 8. The zero-order valence-corrected chi connectivity index (χ0v) is 65.0. The van der Waals surface area contributed by atoms with E-state index in [-0.39, 0.29) is 195 Å². The number of nitrogens with two attached hydrogens (primary N) is 1. The molecule has 558 valence electrons. The molecule has 7 aromatic rings. The van der Waals surface area contributed by atoms with Gasteiger partial charge in [-0.05, 0) is 92.9 Å². The van der Waals surface area contributed by atoms with Crippen molar-refractivity contribution in [3.8, 4) is 23.0 Å². The van der Waals surface area contributed by atoms with Gasteiger partial charge in [-0.25, -0.2) is 14.4 Å². The van der Waals surface area contributed by atoms with E-state index < -0.39 is 66.3 Å². The van der Waals surface area contributed by atoms with Crippen molar-refractivity contribution in [2.24, 2.45) is 5.73 Å². The maximum absolute atomic E-state index is 12.2. The second-order valence-corrected chi connectivity index (χ2v) is 23.8. The SMILES string of the molecule is CCOC(=O)CC(N)c1cc(Cl)cc(Cl)c1O.CCOC(=O)CC(NC(=O)OCc1ccccc1)c1cc(Cl)cc(Cl)c1O.CCOC(=O)C[C@@H](NC(=O)OCc1ccccc1)c1cc(Cl)cc(Cl)c1O.CCOC(=O)C[C@H](NC(=O)OCc1ccccc1)c1cc(Cl)cc(Cl)c1O.Cl.O=CO[O-].[Na+]. The predicted octanol–water partition coefficient (Wildman–Crippen LogP) is 12.4. The first-order chi connectivity index (χ1) is 48.6. The molecule has 0 fully saturated rings. The molecule has 104 heavy (non-hydrogen) atoms. The van der Waals surface area contributed by atoms with Crippen LogP contribution in [0.2, 0.25) is 40.2 Å². The molecule has 0 spiro atoms. The molecular weight excluding hydrogens is 1560 g/mol. The minimum atomic E-state index is -0.927. The van der Waals surface area contributed by atoms with Crippen LogP contribution in [0.15, 0.2) is 140 Å². The normalized spacial score (nSPS) is 11.2. The Balaban J connectivity index is 0.000000684. The van der Waals surface area contributed by atoms with Gasteiger partial charge in [-0.2, -0.15) is 0 Å². The van der Waals surface area contributed by atoms with Crippen LogP contribution in [0.1, 0.15) is 116 Å². The summed E-state index contributed by atoms with van der Waals surface area (Å²) >= 11 is 47.3. The molecule has 7 rings (SSSR count). The van der Waals surface area contributed by atoms with E-state index in [4.69, 9.17) is 142 Å². The summed E-state index contributed by atoms with van der Waals surface area (Å²) in [6.45, 7) is 7.55. The Bertz CT molecular complexity index is 3540. The maximum Gasteiger partial charge on any atom is 1.00 e. The van der Waals surface area contributed by atoms with Crippen LogP contribution in [-0.2, 0) is 81.8 Å². The van der Waals surface area contributed by atoms with E-state index in [1.165, 1.54) is 48.5 Å². The number of amides is 3. The number of carbonyl (C=O) groups excluding carboxylic acids is 8. The van der Waals surface area contributed by atoms with E-state index in [1.807, 2.05) is 91.0 Å². The van der Waals surface area contributed by atoms with Crippen molar-refractivity contribution in [1.29, 1.82) is 0 Å².